The predicted molar refractivity (Wildman–Crippen MR) is 57.0 cm³/mol. The van der Waals surface area contributed by atoms with Gasteiger partial charge in [-0.3, -0.25) is 4.79 Å². The Bertz CT molecular complexity index is 287. The second-order valence-electron chi connectivity index (χ2n) is 2.64. The van der Waals surface area contributed by atoms with Gasteiger partial charge in [0.25, 0.3) is 0 Å². The number of aliphatic carboxylic acids is 1. The summed E-state index contributed by atoms with van der Waals surface area (Å²) in [5.74, 6) is -0.831. The van der Waals surface area contributed by atoms with E-state index in [9.17, 15) is 4.79 Å². The van der Waals surface area contributed by atoms with E-state index in [1.54, 1.807) is 6.92 Å². The third kappa shape index (κ3) is 3.24. The number of aryl methyl sites for hydroxylation is 1. The van der Waals surface area contributed by atoms with Crippen molar-refractivity contribution in [2.24, 2.45) is 0 Å². The van der Waals surface area contributed by atoms with Gasteiger partial charge < -0.3 is 10.4 Å². The van der Waals surface area contributed by atoms with Crippen molar-refractivity contribution in [2.45, 2.75) is 19.9 Å². The van der Waals surface area contributed by atoms with Crippen LogP contribution in [0.2, 0.25) is 0 Å². The molecule has 0 aliphatic heterocycles. The van der Waals surface area contributed by atoms with E-state index in [4.69, 9.17) is 5.11 Å². The molecule has 0 aliphatic rings. The number of anilines is 1. The minimum Gasteiger partial charge on any atom is -0.480 e. The SMILES string of the molecule is Cc1ccsc1NC(C)C(=O)O.Cl. The van der Waals surface area contributed by atoms with E-state index in [0.29, 0.717) is 0 Å². The van der Waals surface area contributed by atoms with Crippen molar-refractivity contribution in [3.63, 3.8) is 0 Å². The molecule has 0 fully saturated rings. The highest BCUT2D eigenvalue weighted by molar-refractivity contribution is 7.14. The molecule has 0 radical (unpaired) electrons. The van der Waals surface area contributed by atoms with Gasteiger partial charge in [-0.15, -0.1) is 23.7 Å². The molecule has 5 heteroatoms. The van der Waals surface area contributed by atoms with Crippen molar-refractivity contribution in [2.75, 3.05) is 5.32 Å². The predicted octanol–water partition coefficient (Wildman–Crippen LogP) is 2.36. The molecule has 0 aromatic carbocycles. The van der Waals surface area contributed by atoms with Crippen molar-refractivity contribution in [3.8, 4) is 0 Å². The number of carboxylic acids is 1. The molecule has 1 aromatic rings. The topological polar surface area (TPSA) is 49.3 Å². The first kappa shape index (κ1) is 12.3. The number of carbonyl (C=O) groups is 1. The Kier molecular flexibility index (Phi) is 4.80. The third-order valence-electron chi connectivity index (χ3n) is 1.58. The monoisotopic (exact) mass is 221 g/mol. The van der Waals surface area contributed by atoms with E-state index in [1.165, 1.54) is 11.3 Å². The molecule has 1 rings (SSSR count). The molecule has 74 valence electrons. The lowest BCUT2D eigenvalue weighted by atomic mass is 10.3. The summed E-state index contributed by atoms with van der Waals surface area (Å²) in [7, 11) is 0. The van der Waals surface area contributed by atoms with Gasteiger partial charge in [0.15, 0.2) is 0 Å². The molecule has 0 aliphatic carbocycles. The Labute approximate surface area is 87.2 Å². The summed E-state index contributed by atoms with van der Waals surface area (Å²) in [6.45, 7) is 3.58. The van der Waals surface area contributed by atoms with Crippen molar-refractivity contribution >= 4 is 34.7 Å². The quantitative estimate of drug-likeness (QED) is 0.824. The van der Waals surface area contributed by atoms with E-state index in [2.05, 4.69) is 5.32 Å². The van der Waals surface area contributed by atoms with Crippen LogP contribution in [-0.2, 0) is 4.79 Å². The Morgan fingerprint density at radius 1 is 1.69 bits per heavy atom. The van der Waals surface area contributed by atoms with Crippen LogP contribution in [0.3, 0.4) is 0 Å². The Hall–Kier alpha value is -0.740. The standard InChI is InChI=1S/C8H11NO2S.ClH/c1-5-3-4-12-7(5)9-6(2)8(10)11;/h3-4,6,9H,1-2H3,(H,10,11);1H. The number of thiophene rings is 1. The van der Waals surface area contributed by atoms with Gasteiger partial charge in [-0.25, -0.2) is 0 Å². The summed E-state index contributed by atoms with van der Waals surface area (Å²) in [6.07, 6.45) is 0. The Morgan fingerprint density at radius 3 is 2.69 bits per heavy atom. The minimum absolute atomic E-state index is 0. The Balaban J connectivity index is 0.00000144. The van der Waals surface area contributed by atoms with Crippen LogP contribution in [-0.4, -0.2) is 17.1 Å². The lowest BCUT2D eigenvalue weighted by molar-refractivity contribution is -0.137. The van der Waals surface area contributed by atoms with Crippen LogP contribution in [0.15, 0.2) is 11.4 Å². The van der Waals surface area contributed by atoms with E-state index >= 15 is 0 Å². The fourth-order valence-corrected chi connectivity index (χ4v) is 1.69. The highest BCUT2D eigenvalue weighted by atomic mass is 35.5. The molecular weight excluding hydrogens is 210 g/mol. The van der Waals surface area contributed by atoms with Gasteiger partial charge in [0.1, 0.15) is 6.04 Å². The number of halogens is 1. The second kappa shape index (κ2) is 5.09. The summed E-state index contributed by atoms with van der Waals surface area (Å²) in [5.41, 5.74) is 1.09. The third-order valence-corrected chi connectivity index (χ3v) is 2.53. The lowest BCUT2D eigenvalue weighted by Gasteiger charge is -2.08. The van der Waals surface area contributed by atoms with E-state index in [0.717, 1.165) is 10.6 Å². The molecule has 0 amide bonds. The molecule has 3 nitrogen and oxygen atoms in total. The molecule has 2 N–H and O–H groups in total. The molecule has 1 atom stereocenters. The summed E-state index contributed by atoms with van der Waals surface area (Å²) in [6, 6.07) is 1.43. The smallest absolute Gasteiger partial charge is 0.325 e. The molecule has 1 aromatic heterocycles. The summed E-state index contributed by atoms with van der Waals surface area (Å²) < 4.78 is 0. The second-order valence-corrected chi connectivity index (χ2v) is 3.55. The zero-order valence-corrected chi connectivity index (χ0v) is 9.04. The molecule has 0 saturated heterocycles. The van der Waals surface area contributed by atoms with E-state index in [-0.39, 0.29) is 12.4 Å². The fraction of sp³-hybridized carbons (Fsp3) is 0.375. The zero-order chi connectivity index (χ0) is 9.14. The molecule has 13 heavy (non-hydrogen) atoms. The number of hydrogen-bond donors (Lipinski definition) is 2. The molecule has 0 spiro atoms. The maximum absolute atomic E-state index is 10.5. The van der Waals surface area contributed by atoms with E-state index < -0.39 is 12.0 Å². The van der Waals surface area contributed by atoms with Crippen molar-refractivity contribution in [3.05, 3.63) is 17.0 Å². The van der Waals surface area contributed by atoms with Crippen LogP contribution in [0.5, 0.6) is 0 Å². The minimum atomic E-state index is -0.831. The molecule has 0 bridgehead atoms. The van der Waals surface area contributed by atoms with Crippen molar-refractivity contribution in [1.29, 1.82) is 0 Å². The highest BCUT2D eigenvalue weighted by Crippen LogP contribution is 2.22. The normalized spacial score (nSPS) is 11.5. The van der Waals surface area contributed by atoms with Crippen molar-refractivity contribution < 1.29 is 9.90 Å². The van der Waals surface area contributed by atoms with Crippen LogP contribution < -0.4 is 5.32 Å². The molecule has 1 unspecified atom stereocenters. The largest absolute Gasteiger partial charge is 0.480 e. The number of nitrogens with one attached hydrogen (secondary N) is 1. The number of rotatable bonds is 3. The van der Waals surface area contributed by atoms with Gasteiger partial charge in [-0.1, -0.05) is 0 Å². The van der Waals surface area contributed by atoms with Crippen LogP contribution in [0.1, 0.15) is 12.5 Å². The van der Waals surface area contributed by atoms with Gasteiger partial charge in [0, 0.05) is 0 Å². The maximum Gasteiger partial charge on any atom is 0.325 e. The summed E-state index contributed by atoms with van der Waals surface area (Å²) in [4.78, 5) is 10.5. The van der Waals surface area contributed by atoms with Crippen LogP contribution in [0.4, 0.5) is 5.00 Å². The zero-order valence-electron chi connectivity index (χ0n) is 7.40. The van der Waals surface area contributed by atoms with Crippen molar-refractivity contribution in [1.82, 2.24) is 0 Å². The fourth-order valence-electron chi connectivity index (χ4n) is 0.779. The molecule has 0 saturated carbocycles. The number of carboxylic acid groups (broad SMARTS) is 1. The molecular formula is C8H12ClNO2S. The van der Waals surface area contributed by atoms with Crippen LogP contribution >= 0.6 is 23.7 Å². The van der Waals surface area contributed by atoms with Gasteiger partial charge in [-0.2, -0.15) is 0 Å². The maximum atomic E-state index is 10.5. The highest BCUT2D eigenvalue weighted by Gasteiger charge is 2.11. The first-order valence-electron chi connectivity index (χ1n) is 3.64. The van der Waals surface area contributed by atoms with Gasteiger partial charge in [0.2, 0.25) is 0 Å². The van der Waals surface area contributed by atoms with Crippen LogP contribution in [0, 0.1) is 6.92 Å². The Morgan fingerprint density at radius 2 is 2.31 bits per heavy atom. The first-order chi connectivity index (χ1) is 5.61. The lowest BCUT2D eigenvalue weighted by Crippen LogP contribution is -2.25. The van der Waals surface area contributed by atoms with Crippen LogP contribution in [0.25, 0.3) is 0 Å². The van der Waals surface area contributed by atoms with Gasteiger partial charge >= 0.3 is 5.97 Å². The summed E-state index contributed by atoms with van der Waals surface area (Å²) >= 11 is 1.52. The average molecular weight is 222 g/mol. The molecule has 1 heterocycles. The average Bonchev–Trinajstić information content (AvgIpc) is 2.36. The van der Waals surface area contributed by atoms with Gasteiger partial charge in [-0.05, 0) is 30.9 Å². The first-order valence-corrected chi connectivity index (χ1v) is 4.52. The summed E-state index contributed by atoms with van der Waals surface area (Å²) in [5, 5.41) is 14.4. The van der Waals surface area contributed by atoms with E-state index in [1.807, 2.05) is 18.4 Å². The number of hydrogen-bond acceptors (Lipinski definition) is 3. The van der Waals surface area contributed by atoms with Gasteiger partial charge in [0.05, 0.1) is 5.00 Å².